The minimum absolute atomic E-state index is 0.454. The first kappa shape index (κ1) is 10.5. The average molecular weight is 207 g/mol. The predicted octanol–water partition coefficient (Wildman–Crippen LogP) is 2.67. The van der Waals surface area contributed by atoms with Crippen LogP contribution in [0.2, 0.25) is 0 Å². The minimum Gasteiger partial charge on any atom is -0.342 e. The maximum Gasteiger partial charge on any atom is 0.202 e. The second kappa shape index (κ2) is 3.87. The Kier molecular flexibility index (Phi) is 2.72. The highest BCUT2D eigenvalue weighted by atomic mass is 15.3. The highest BCUT2D eigenvalue weighted by Crippen LogP contribution is 2.34. The normalized spacial score (nSPS) is 19.5. The monoisotopic (exact) mass is 207 g/mol. The van der Waals surface area contributed by atoms with Gasteiger partial charge < -0.3 is 9.88 Å². The minimum atomic E-state index is 0.454. The lowest BCUT2D eigenvalue weighted by Crippen LogP contribution is -2.38. The van der Waals surface area contributed by atoms with Gasteiger partial charge in [0.05, 0.1) is 0 Å². The van der Waals surface area contributed by atoms with E-state index in [1.54, 1.807) is 0 Å². The number of nitrogens with one attached hydrogen (secondary N) is 1. The Bertz CT molecular complexity index is 289. The number of piperidine rings is 1. The van der Waals surface area contributed by atoms with Crippen molar-refractivity contribution >= 4 is 5.95 Å². The first-order chi connectivity index (χ1) is 7.07. The van der Waals surface area contributed by atoms with Gasteiger partial charge in [-0.1, -0.05) is 20.8 Å². The van der Waals surface area contributed by atoms with Gasteiger partial charge >= 0.3 is 0 Å². The lowest BCUT2D eigenvalue weighted by atomic mass is 9.75. The van der Waals surface area contributed by atoms with Gasteiger partial charge in [0.15, 0.2) is 0 Å². The molecule has 0 spiro atoms. The van der Waals surface area contributed by atoms with Crippen molar-refractivity contribution in [3.63, 3.8) is 0 Å². The molecule has 84 valence electrons. The summed E-state index contributed by atoms with van der Waals surface area (Å²) in [5.74, 6) is 1.88. The zero-order valence-corrected chi connectivity index (χ0v) is 9.95. The van der Waals surface area contributed by atoms with E-state index < -0.39 is 0 Å². The van der Waals surface area contributed by atoms with E-state index in [-0.39, 0.29) is 0 Å². The summed E-state index contributed by atoms with van der Waals surface area (Å²) in [7, 11) is 0. The number of H-pyrrole nitrogens is 1. The molecule has 1 aliphatic rings. The van der Waals surface area contributed by atoms with Crippen LogP contribution in [0.3, 0.4) is 0 Å². The SMILES string of the molecule is CC(C)(C)C1CCN(c2ncc[nH]2)CC1. The molecule has 1 aromatic rings. The van der Waals surface area contributed by atoms with Crippen molar-refractivity contribution < 1.29 is 0 Å². The molecule has 1 aliphatic heterocycles. The van der Waals surface area contributed by atoms with Gasteiger partial charge in [-0.15, -0.1) is 0 Å². The van der Waals surface area contributed by atoms with Gasteiger partial charge in [-0.25, -0.2) is 4.98 Å². The molecule has 0 radical (unpaired) electrons. The number of hydrogen-bond acceptors (Lipinski definition) is 2. The molecule has 2 rings (SSSR count). The standard InChI is InChI=1S/C12H21N3/c1-12(2,3)10-4-8-15(9-5-10)11-13-6-7-14-11/h6-7,10H,4-5,8-9H2,1-3H3,(H,13,14). The van der Waals surface area contributed by atoms with Crippen LogP contribution in [0.1, 0.15) is 33.6 Å². The maximum absolute atomic E-state index is 4.30. The van der Waals surface area contributed by atoms with Crippen molar-refractivity contribution in [2.24, 2.45) is 11.3 Å². The van der Waals surface area contributed by atoms with Crippen LogP contribution >= 0.6 is 0 Å². The fourth-order valence-corrected chi connectivity index (χ4v) is 2.39. The Morgan fingerprint density at radius 2 is 2.00 bits per heavy atom. The quantitative estimate of drug-likeness (QED) is 0.767. The summed E-state index contributed by atoms with van der Waals surface area (Å²) in [6, 6.07) is 0. The summed E-state index contributed by atoms with van der Waals surface area (Å²) in [5, 5.41) is 0. The fraction of sp³-hybridized carbons (Fsp3) is 0.750. The van der Waals surface area contributed by atoms with Crippen molar-refractivity contribution in [2.45, 2.75) is 33.6 Å². The van der Waals surface area contributed by atoms with Crippen LogP contribution in [0.15, 0.2) is 12.4 Å². The van der Waals surface area contributed by atoms with Gasteiger partial charge in [0.25, 0.3) is 0 Å². The Morgan fingerprint density at radius 3 is 2.47 bits per heavy atom. The number of rotatable bonds is 1. The average Bonchev–Trinajstić information content (AvgIpc) is 2.69. The summed E-state index contributed by atoms with van der Waals surface area (Å²) in [6.45, 7) is 9.31. The Balaban J connectivity index is 1.93. The van der Waals surface area contributed by atoms with Crippen molar-refractivity contribution in [1.29, 1.82) is 0 Å². The summed E-state index contributed by atoms with van der Waals surface area (Å²) in [5.41, 5.74) is 0.454. The second-order valence-electron chi connectivity index (χ2n) is 5.54. The van der Waals surface area contributed by atoms with Crippen molar-refractivity contribution in [3.8, 4) is 0 Å². The molecule has 1 N–H and O–H groups in total. The molecule has 0 aromatic carbocycles. The van der Waals surface area contributed by atoms with E-state index in [1.807, 2.05) is 12.4 Å². The zero-order valence-electron chi connectivity index (χ0n) is 9.95. The van der Waals surface area contributed by atoms with Crippen LogP contribution < -0.4 is 4.90 Å². The molecule has 1 fully saturated rings. The van der Waals surface area contributed by atoms with Gasteiger partial charge in [-0.2, -0.15) is 0 Å². The van der Waals surface area contributed by atoms with Crippen LogP contribution in [-0.2, 0) is 0 Å². The third-order valence-corrected chi connectivity index (χ3v) is 3.50. The van der Waals surface area contributed by atoms with E-state index in [2.05, 4.69) is 35.6 Å². The van der Waals surface area contributed by atoms with Gasteiger partial charge in [0, 0.05) is 25.5 Å². The van der Waals surface area contributed by atoms with E-state index >= 15 is 0 Å². The molecule has 0 aliphatic carbocycles. The van der Waals surface area contributed by atoms with E-state index in [4.69, 9.17) is 0 Å². The fourth-order valence-electron chi connectivity index (χ4n) is 2.39. The van der Waals surface area contributed by atoms with Crippen LogP contribution in [0.4, 0.5) is 5.95 Å². The second-order valence-corrected chi connectivity index (χ2v) is 5.54. The highest BCUT2D eigenvalue weighted by Gasteiger charge is 2.29. The Labute approximate surface area is 91.9 Å². The topological polar surface area (TPSA) is 31.9 Å². The zero-order chi connectivity index (χ0) is 10.9. The van der Waals surface area contributed by atoms with Crippen LogP contribution in [-0.4, -0.2) is 23.1 Å². The molecule has 3 heteroatoms. The first-order valence-corrected chi connectivity index (χ1v) is 5.82. The largest absolute Gasteiger partial charge is 0.342 e. The van der Waals surface area contributed by atoms with E-state index in [0.717, 1.165) is 25.0 Å². The molecule has 0 unspecified atom stereocenters. The molecular formula is C12H21N3. The number of hydrogen-bond donors (Lipinski definition) is 1. The maximum atomic E-state index is 4.30. The summed E-state index contributed by atoms with van der Waals surface area (Å²) >= 11 is 0. The molecule has 1 aromatic heterocycles. The predicted molar refractivity (Wildman–Crippen MR) is 63.0 cm³/mol. The van der Waals surface area contributed by atoms with E-state index in [9.17, 15) is 0 Å². The van der Waals surface area contributed by atoms with Crippen molar-refractivity contribution in [2.75, 3.05) is 18.0 Å². The summed E-state index contributed by atoms with van der Waals surface area (Å²) in [4.78, 5) is 9.82. The highest BCUT2D eigenvalue weighted by molar-refractivity contribution is 5.29. The molecule has 0 saturated carbocycles. The molecule has 15 heavy (non-hydrogen) atoms. The summed E-state index contributed by atoms with van der Waals surface area (Å²) < 4.78 is 0. The molecule has 3 nitrogen and oxygen atoms in total. The molecular weight excluding hydrogens is 186 g/mol. The number of imidazole rings is 1. The lowest BCUT2D eigenvalue weighted by Gasteiger charge is -2.38. The smallest absolute Gasteiger partial charge is 0.202 e. The van der Waals surface area contributed by atoms with Crippen LogP contribution in [0.25, 0.3) is 0 Å². The van der Waals surface area contributed by atoms with Crippen LogP contribution in [0.5, 0.6) is 0 Å². The number of aromatic nitrogens is 2. The van der Waals surface area contributed by atoms with Gasteiger partial charge in [0.1, 0.15) is 0 Å². The lowest BCUT2D eigenvalue weighted by molar-refractivity contribution is 0.198. The Hall–Kier alpha value is -0.990. The van der Waals surface area contributed by atoms with Gasteiger partial charge in [0.2, 0.25) is 5.95 Å². The van der Waals surface area contributed by atoms with Crippen molar-refractivity contribution in [3.05, 3.63) is 12.4 Å². The number of aromatic amines is 1. The molecule has 0 bridgehead atoms. The third-order valence-electron chi connectivity index (χ3n) is 3.50. The van der Waals surface area contributed by atoms with E-state index in [1.165, 1.54) is 12.8 Å². The molecule has 0 amide bonds. The first-order valence-electron chi connectivity index (χ1n) is 5.82. The third kappa shape index (κ3) is 2.33. The summed E-state index contributed by atoms with van der Waals surface area (Å²) in [6.07, 6.45) is 6.28. The molecule has 0 atom stereocenters. The van der Waals surface area contributed by atoms with Crippen molar-refractivity contribution in [1.82, 2.24) is 9.97 Å². The number of nitrogens with zero attached hydrogens (tertiary/aromatic N) is 2. The van der Waals surface area contributed by atoms with E-state index in [0.29, 0.717) is 5.41 Å². The molecule has 1 saturated heterocycles. The van der Waals surface area contributed by atoms with Gasteiger partial charge in [-0.05, 0) is 24.2 Å². The number of anilines is 1. The molecule has 2 heterocycles. The van der Waals surface area contributed by atoms with Gasteiger partial charge in [-0.3, -0.25) is 0 Å². The Morgan fingerprint density at radius 1 is 1.33 bits per heavy atom. The van der Waals surface area contributed by atoms with Crippen LogP contribution in [0, 0.1) is 11.3 Å².